The molecule has 1 amide bonds. The van der Waals surface area contributed by atoms with E-state index >= 15 is 0 Å². The van der Waals surface area contributed by atoms with Crippen LogP contribution in [-0.2, 0) is 9.53 Å². The number of hydrogen-bond acceptors (Lipinski definition) is 3. The Bertz CT molecular complexity index is 286. The van der Waals surface area contributed by atoms with Gasteiger partial charge in [0.1, 0.15) is 0 Å². The van der Waals surface area contributed by atoms with Crippen molar-refractivity contribution in [3.05, 3.63) is 25.3 Å². The molecule has 0 saturated carbocycles. The number of rotatable bonds is 7. The minimum absolute atomic E-state index is 0. The monoisotopic (exact) mass is 288 g/mol. The summed E-state index contributed by atoms with van der Waals surface area (Å²) in [5.41, 5.74) is -0.383. The quantitative estimate of drug-likeness (QED) is 0.724. The average molecular weight is 289 g/mol. The average Bonchev–Trinajstić information content (AvgIpc) is 2.39. The van der Waals surface area contributed by atoms with E-state index in [2.05, 4.69) is 18.5 Å². The summed E-state index contributed by atoms with van der Waals surface area (Å²) in [5, 5.41) is 3.29. The van der Waals surface area contributed by atoms with E-state index in [-0.39, 0.29) is 23.7 Å². The Balaban J connectivity index is 0.00000324. The minimum Gasteiger partial charge on any atom is -0.384 e. The third-order valence-electron chi connectivity index (χ3n) is 3.42. The summed E-state index contributed by atoms with van der Waals surface area (Å²) in [6.07, 6.45) is 5.15. The molecule has 0 radical (unpaired) electrons. The standard InChI is InChI=1S/C14H24N2O2.ClH/c1-4-10-16(11-5-2)13(17)14(12-18-3)6-8-15-9-7-14;/h4-5,15H,1-2,6-12H2,3H3;1H. The zero-order valence-electron chi connectivity index (χ0n) is 11.7. The zero-order valence-corrected chi connectivity index (χ0v) is 12.5. The third kappa shape index (κ3) is 4.64. The summed E-state index contributed by atoms with van der Waals surface area (Å²) in [6, 6.07) is 0. The van der Waals surface area contributed by atoms with Crippen LogP contribution >= 0.6 is 12.4 Å². The van der Waals surface area contributed by atoms with Crippen molar-refractivity contribution in [3.8, 4) is 0 Å². The molecular formula is C14H25ClN2O2. The molecule has 0 aromatic rings. The van der Waals surface area contributed by atoms with Crippen molar-refractivity contribution in [1.29, 1.82) is 0 Å². The Morgan fingerprint density at radius 1 is 1.32 bits per heavy atom. The number of amides is 1. The number of piperidine rings is 1. The molecule has 0 unspecified atom stereocenters. The van der Waals surface area contributed by atoms with E-state index in [9.17, 15) is 4.79 Å². The molecule has 0 spiro atoms. The van der Waals surface area contributed by atoms with Gasteiger partial charge >= 0.3 is 0 Å². The molecule has 1 saturated heterocycles. The highest BCUT2D eigenvalue weighted by Crippen LogP contribution is 2.31. The van der Waals surface area contributed by atoms with Crippen LogP contribution < -0.4 is 5.32 Å². The van der Waals surface area contributed by atoms with Gasteiger partial charge in [0.25, 0.3) is 0 Å². The molecule has 0 bridgehead atoms. The maximum absolute atomic E-state index is 12.7. The van der Waals surface area contributed by atoms with Crippen molar-refractivity contribution in [1.82, 2.24) is 10.2 Å². The lowest BCUT2D eigenvalue weighted by molar-refractivity contribution is -0.146. The fourth-order valence-corrected chi connectivity index (χ4v) is 2.49. The molecule has 0 aliphatic carbocycles. The normalized spacial score (nSPS) is 17.1. The second-order valence-electron chi connectivity index (χ2n) is 4.75. The van der Waals surface area contributed by atoms with Crippen molar-refractivity contribution in [2.45, 2.75) is 12.8 Å². The van der Waals surface area contributed by atoms with E-state index in [0.29, 0.717) is 19.7 Å². The van der Waals surface area contributed by atoms with Crippen LogP contribution in [0.15, 0.2) is 25.3 Å². The summed E-state index contributed by atoms with van der Waals surface area (Å²) >= 11 is 0. The molecule has 19 heavy (non-hydrogen) atoms. The molecule has 1 heterocycles. The van der Waals surface area contributed by atoms with Gasteiger partial charge in [-0.25, -0.2) is 0 Å². The summed E-state index contributed by atoms with van der Waals surface area (Å²) in [4.78, 5) is 14.5. The number of methoxy groups -OCH3 is 1. The van der Waals surface area contributed by atoms with E-state index in [1.165, 1.54) is 0 Å². The van der Waals surface area contributed by atoms with Gasteiger partial charge in [-0.1, -0.05) is 12.2 Å². The van der Waals surface area contributed by atoms with Crippen LogP contribution in [0, 0.1) is 5.41 Å². The van der Waals surface area contributed by atoms with Gasteiger partial charge in [-0.3, -0.25) is 4.79 Å². The van der Waals surface area contributed by atoms with Crippen LogP contribution in [0.4, 0.5) is 0 Å². The molecule has 1 rings (SSSR count). The molecule has 0 aromatic heterocycles. The number of nitrogens with zero attached hydrogens (tertiary/aromatic N) is 1. The summed E-state index contributed by atoms with van der Waals surface area (Å²) in [6.45, 7) is 10.7. The van der Waals surface area contributed by atoms with E-state index in [1.54, 1.807) is 24.2 Å². The lowest BCUT2D eigenvalue weighted by Crippen LogP contribution is -2.51. The first-order chi connectivity index (χ1) is 8.70. The van der Waals surface area contributed by atoms with E-state index < -0.39 is 0 Å². The fourth-order valence-electron chi connectivity index (χ4n) is 2.49. The zero-order chi connectivity index (χ0) is 13.4. The first kappa shape index (κ1) is 18.2. The predicted octanol–water partition coefficient (Wildman–Crippen LogP) is 1.62. The lowest BCUT2D eigenvalue weighted by Gasteiger charge is -2.39. The van der Waals surface area contributed by atoms with Crippen molar-refractivity contribution < 1.29 is 9.53 Å². The number of carbonyl (C=O) groups excluding carboxylic acids is 1. The molecule has 1 aliphatic heterocycles. The van der Waals surface area contributed by atoms with Gasteiger partial charge in [0, 0.05) is 20.2 Å². The topological polar surface area (TPSA) is 41.6 Å². The van der Waals surface area contributed by atoms with Gasteiger partial charge in [0.05, 0.1) is 12.0 Å². The van der Waals surface area contributed by atoms with E-state index in [1.807, 2.05) is 0 Å². The molecule has 4 nitrogen and oxygen atoms in total. The van der Waals surface area contributed by atoms with Crippen molar-refractivity contribution in [2.75, 3.05) is 39.9 Å². The van der Waals surface area contributed by atoms with E-state index in [4.69, 9.17) is 4.74 Å². The summed E-state index contributed by atoms with van der Waals surface area (Å²) in [7, 11) is 1.66. The molecule has 0 aromatic carbocycles. The minimum atomic E-state index is -0.383. The molecule has 1 N–H and O–H groups in total. The number of carbonyl (C=O) groups is 1. The fraction of sp³-hybridized carbons (Fsp3) is 0.643. The number of hydrogen-bond donors (Lipinski definition) is 1. The maximum Gasteiger partial charge on any atom is 0.231 e. The van der Waals surface area contributed by atoms with Crippen LogP contribution in [0.1, 0.15) is 12.8 Å². The number of ether oxygens (including phenoxy) is 1. The lowest BCUT2D eigenvalue weighted by atomic mass is 9.78. The second-order valence-corrected chi connectivity index (χ2v) is 4.75. The highest BCUT2D eigenvalue weighted by Gasteiger charge is 2.41. The van der Waals surface area contributed by atoms with Crippen LogP contribution in [0.5, 0.6) is 0 Å². The molecule has 1 fully saturated rings. The van der Waals surface area contributed by atoms with E-state index in [0.717, 1.165) is 25.9 Å². The maximum atomic E-state index is 12.7. The Labute approximate surface area is 122 Å². The van der Waals surface area contributed by atoms with Crippen LogP contribution in [0.3, 0.4) is 0 Å². The first-order valence-electron chi connectivity index (χ1n) is 6.41. The Morgan fingerprint density at radius 3 is 2.26 bits per heavy atom. The predicted molar refractivity (Wildman–Crippen MR) is 80.6 cm³/mol. The molecular weight excluding hydrogens is 264 g/mol. The first-order valence-corrected chi connectivity index (χ1v) is 6.41. The largest absolute Gasteiger partial charge is 0.384 e. The van der Waals surface area contributed by atoms with Crippen molar-refractivity contribution in [2.24, 2.45) is 5.41 Å². The molecule has 1 aliphatic rings. The molecule has 110 valence electrons. The second kappa shape index (κ2) is 9.13. The summed E-state index contributed by atoms with van der Waals surface area (Å²) < 4.78 is 5.29. The smallest absolute Gasteiger partial charge is 0.231 e. The van der Waals surface area contributed by atoms with Crippen molar-refractivity contribution >= 4 is 18.3 Å². The Hall–Kier alpha value is -0.840. The van der Waals surface area contributed by atoms with Gasteiger partial charge in [-0.15, -0.1) is 25.6 Å². The Kier molecular flexibility index (Phi) is 8.72. The molecule has 0 atom stereocenters. The van der Waals surface area contributed by atoms with Crippen molar-refractivity contribution in [3.63, 3.8) is 0 Å². The Morgan fingerprint density at radius 2 is 1.84 bits per heavy atom. The third-order valence-corrected chi connectivity index (χ3v) is 3.42. The van der Waals surface area contributed by atoms with Crippen LogP contribution in [-0.4, -0.2) is 50.7 Å². The number of halogens is 1. The van der Waals surface area contributed by atoms with Gasteiger partial charge in [-0.05, 0) is 25.9 Å². The van der Waals surface area contributed by atoms with Gasteiger partial charge in [-0.2, -0.15) is 0 Å². The van der Waals surface area contributed by atoms with Gasteiger partial charge in [0.2, 0.25) is 5.91 Å². The highest BCUT2D eigenvalue weighted by atomic mass is 35.5. The van der Waals surface area contributed by atoms with Crippen LogP contribution in [0.2, 0.25) is 0 Å². The molecule has 5 heteroatoms. The highest BCUT2D eigenvalue weighted by molar-refractivity contribution is 5.85. The summed E-state index contributed by atoms with van der Waals surface area (Å²) in [5.74, 6) is 0.158. The van der Waals surface area contributed by atoms with Gasteiger partial charge < -0.3 is 15.0 Å². The van der Waals surface area contributed by atoms with Crippen LogP contribution in [0.25, 0.3) is 0 Å². The van der Waals surface area contributed by atoms with Gasteiger partial charge in [0.15, 0.2) is 0 Å². The SMILES string of the molecule is C=CCN(CC=C)C(=O)C1(COC)CCNCC1.Cl. The number of nitrogens with one attached hydrogen (secondary N) is 1.